The van der Waals surface area contributed by atoms with Gasteiger partial charge in [-0.15, -0.1) is 0 Å². The number of piperidine rings is 1. The van der Waals surface area contributed by atoms with Gasteiger partial charge in [0, 0.05) is 25.8 Å². The number of benzene rings is 1. The van der Waals surface area contributed by atoms with Crippen LogP contribution in [0.1, 0.15) is 36.3 Å². The zero-order valence-corrected chi connectivity index (χ0v) is 16.2. The van der Waals surface area contributed by atoms with Crippen LogP contribution in [-0.4, -0.2) is 37.3 Å². The first-order chi connectivity index (χ1) is 13.2. The molecule has 27 heavy (non-hydrogen) atoms. The Hall–Kier alpha value is -1.92. The molecule has 0 amide bonds. The highest BCUT2D eigenvalue weighted by Gasteiger charge is 2.54. The molecule has 0 spiro atoms. The summed E-state index contributed by atoms with van der Waals surface area (Å²) in [6.07, 6.45) is 5.80. The van der Waals surface area contributed by atoms with Crippen molar-refractivity contribution in [1.82, 2.24) is 9.29 Å². The number of nitrogens with one attached hydrogen (secondary N) is 1. The molecule has 1 aromatic heterocycles. The molecular formula is C21H25N3O2S. The van der Waals surface area contributed by atoms with Gasteiger partial charge in [0.1, 0.15) is 10.7 Å². The van der Waals surface area contributed by atoms with Gasteiger partial charge in [-0.1, -0.05) is 30.7 Å². The monoisotopic (exact) mass is 383 g/mol. The summed E-state index contributed by atoms with van der Waals surface area (Å²) < 4.78 is 27.8. The summed E-state index contributed by atoms with van der Waals surface area (Å²) in [5.74, 6) is 2.40. The number of nitrogens with zero attached hydrogens (tertiary/aromatic N) is 2. The van der Waals surface area contributed by atoms with E-state index in [0.29, 0.717) is 41.6 Å². The number of hydrogen-bond acceptors (Lipinski definition) is 4. The van der Waals surface area contributed by atoms with Gasteiger partial charge < -0.3 is 5.32 Å². The van der Waals surface area contributed by atoms with Crippen molar-refractivity contribution in [3.63, 3.8) is 0 Å². The molecule has 3 aliphatic rings. The number of pyridine rings is 1. The zero-order valence-electron chi connectivity index (χ0n) is 15.3. The molecule has 1 saturated heterocycles. The van der Waals surface area contributed by atoms with Gasteiger partial charge in [0.25, 0.3) is 0 Å². The first-order valence-electron chi connectivity index (χ1n) is 9.93. The fourth-order valence-corrected chi connectivity index (χ4v) is 6.59. The molecule has 2 aromatic rings. The maximum Gasteiger partial charge on any atom is 0.246 e. The van der Waals surface area contributed by atoms with Crippen molar-refractivity contribution in [3.8, 4) is 0 Å². The fraction of sp³-hybridized carbons (Fsp3) is 0.476. The summed E-state index contributed by atoms with van der Waals surface area (Å²) in [5.41, 5.74) is 2.96. The van der Waals surface area contributed by atoms with Crippen LogP contribution in [0.5, 0.6) is 0 Å². The zero-order chi connectivity index (χ0) is 18.4. The van der Waals surface area contributed by atoms with Crippen molar-refractivity contribution < 1.29 is 8.42 Å². The number of hydrogen-bond donors (Lipinski definition) is 1. The van der Waals surface area contributed by atoms with E-state index in [1.807, 2.05) is 0 Å². The molecular weight excluding hydrogens is 358 g/mol. The average molecular weight is 384 g/mol. The number of anilines is 1. The predicted molar refractivity (Wildman–Crippen MR) is 105 cm³/mol. The minimum Gasteiger partial charge on any atom is -0.369 e. The second-order valence-electron chi connectivity index (χ2n) is 7.95. The Labute approximate surface area is 160 Å². The predicted octanol–water partition coefficient (Wildman–Crippen LogP) is 3.25. The summed E-state index contributed by atoms with van der Waals surface area (Å²) in [5, 5.41) is 3.36. The number of rotatable bonds is 5. The van der Waals surface area contributed by atoms with E-state index in [9.17, 15) is 8.42 Å². The van der Waals surface area contributed by atoms with Gasteiger partial charge in [-0.05, 0) is 60.3 Å². The SMILES string of the molecule is O=S(=O)(c1cccnc1NCC1C2Cc3ccccc3C12)N1CCCCC1. The normalized spacial score (nSPS) is 27.0. The van der Waals surface area contributed by atoms with E-state index in [0.717, 1.165) is 32.2 Å². The maximum atomic E-state index is 13.1. The molecule has 2 fully saturated rings. The molecule has 0 radical (unpaired) electrons. The summed E-state index contributed by atoms with van der Waals surface area (Å²) in [4.78, 5) is 4.68. The van der Waals surface area contributed by atoms with Crippen molar-refractivity contribution >= 4 is 15.8 Å². The second-order valence-corrected chi connectivity index (χ2v) is 9.86. The van der Waals surface area contributed by atoms with Crippen LogP contribution < -0.4 is 5.32 Å². The summed E-state index contributed by atoms with van der Waals surface area (Å²) in [7, 11) is -3.48. The first-order valence-corrected chi connectivity index (χ1v) is 11.4. The molecule has 2 heterocycles. The highest BCUT2D eigenvalue weighted by molar-refractivity contribution is 7.89. The molecule has 2 aliphatic carbocycles. The molecule has 1 aromatic carbocycles. The van der Waals surface area contributed by atoms with Crippen LogP contribution in [0.4, 0.5) is 5.82 Å². The van der Waals surface area contributed by atoms with E-state index < -0.39 is 10.0 Å². The molecule has 142 valence electrons. The highest BCUT2D eigenvalue weighted by atomic mass is 32.2. The minimum atomic E-state index is -3.48. The maximum absolute atomic E-state index is 13.1. The smallest absolute Gasteiger partial charge is 0.246 e. The quantitative estimate of drug-likeness (QED) is 0.861. The molecule has 3 unspecified atom stereocenters. The average Bonchev–Trinajstić information content (AvgIpc) is 3.25. The second kappa shape index (κ2) is 6.60. The summed E-state index contributed by atoms with van der Waals surface area (Å²) in [6, 6.07) is 12.1. The Bertz CT molecular complexity index is 953. The van der Waals surface area contributed by atoms with Gasteiger partial charge in [0.05, 0.1) is 0 Å². The molecule has 6 heteroatoms. The minimum absolute atomic E-state index is 0.318. The lowest BCUT2D eigenvalue weighted by Crippen LogP contribution is -2.36. The van der Waals surface area contributed by atoms with Crippen LogP contribution in [0.3, 0.4) is 0 Å². The standard InChI is InChI=1S/C21H25N3O2S/c25-27(26,24-11-4-1-5-12-24)19-9-6-10-22-21(19)23-14-18-17-13-15-7-2-3-8-16(15)20(17)18/h2-3,6-10,17-18,20H,1,4-5,11-14H2,(H,22,23). The van der Waals surface area contributed by atoms with E-state index in [1.54, 1.807) is 22.6 Å². The third kappa shape index (κ3) is 2.95. The van der Waals surface area contributed by atoms with Gasteiger partial charge in [-0.2, -0.15) is 4.31 Å². The Morgan fingerprint density at radius 2 is 1.89 bits per heavy atom. The Morgan fingerprint density at radius 3 is 2.74 bits per heavy atom. The van der Waals surface area contributed by atoms with Crippen molar-refractivity contribution in [3.05, 3.63) is 53.7 Å². The fourth-order valence-electron chi connectivity index (χ4n) is 4.95. The lowest BCUT2D eigenvalue weighted by Gasteiger charge is -2.26. The Balaban J connectivity index is 1.31. The van der Waals surface area contributed by atoms with Crippen molar-refractivity contribution in [2.24, 2.45) is 11.8 Å². The van der Waals surface area contributed by atoms with Crippen LogP contribution in [0.15, 0.2) is 47.5 Å². The first kappa shape index (κ1) is 17.2. The van der Waals surface area contributed by atoms with Gasteiger partial charge >= 0.3 is 0 Å². The van der Waals surface area contributed by atoms with E-state index >= 15 is 0 Å². The molecule has 0 bridgehead atoms. The van der Waals surface area contributed by atoms with Crippen molar-refractivity contribution in [2.45, 2.75) is 36.5 Å². The number of sulfonamides is 1. The summed E-state index contributed by atoms with van der Waals surface area (Å²) in [6.45, 7) is 2.00. The van der Waals surface area contributed by atoms with Crippen molar-refractivity contribution in [2.75, 3.05) is 25.0 Å². The van der Waals surface area contributed by atoms with E-state index in [2.05, 4.69) is 34.6 Å². The van der Waals surface area contributed by atoms with E-state index in [-0.39, 0.29) is 0 Å². The number of fused-ring (bicyclic) bond motifs is 3. The van der Waals surface area contributed by atoms with Crippen LogP contribution in [0.2, 0.25) is 0 Å². The summed E-state index contributed by atoms with van der Waals surface area (Å²) >= 11 is 0. The van der Waals surface area contributed by atoms with Gasteiger partial charge in [-0.25, -0.2) is 13.4 Å². The lowest BCUT2D eigenvalue weighted by molar-refractivity contribution is 0.346. The lowest BCUT2D eigenvalue weighted by atomic mass is 10.0. The van der Waals surface area contributed by atoms with Crippen molar-refractivity contribution in [1.29, 1.82) is 0 Å². The third-order valence-electron chi connectivity index (χ3n) is 6.41. The molecule has 1 aliphatic heterocycles. The molecule has 1 saturated carbocycles. The highest BCUT2D eigenvalue weighted by Crippen LogP contribution is 2.61. The van der Waals surface area contributed by atoms with Crippen LogP contribution >= 0.6 is 0 Å². The molecule has 3 atom stereocenters. The Morgan fingerprint density at radius 1 is 1.07 bits per heavy atom. The van der Waals surface area contributed by atoms with Crippen LogP contribution in [-0.2, 0) is 16.4 Å². The number of aromatic nitrogens is 1. The Kier molecular flexibility index (Phi) is 4.20. The molecule has 5 rings (SSSR count). The van der Waals surface area contributed by atoms with Crippen LogP contribution in [0.25, 0.3) is 0 Å². The molecule has 5 nitrogen and oxygen atoms in total. The van der Waals surface area contributed by atoms with Gasteiger partial charge in [0.2, 0.25) is 10.0 Å². The van der Waals surface area contributed by atoms with Gasteiger partial charge in [-0.3, -0.25) is 0 Å². The topological polar surface area (TPSA) is 62.3 Å². The molecule has 1 N–H and O–H groups in total. The van der Waals surface area contributed by atoms with Gasteiger partial charge in [0.15, 0.2) is 0 Å². The van der Waals surface area contributed by atoms with E-state index in [4.69, 9.17) is 0 Å². The van der Waals surface area contributed by atoms with E-state index in [1.165, 1.54) is 11.1 Å². The third-order valence-corrected chi connectivity index (χ3v) is 8.34. The van der Waals surface area contributed by atoms with Crippen LogP contribution in [0, 0.1) is 11.8 Å². The largest absolute Gasteiger partial charge is 0.369 e.